The molecule has 3 heteroatoms. The molecule has 1 aliphatic rings. The Hall–Kier alpha value is -1.48. The molecule has 0 aliphatic carbocycles. The molecule has 0 aromatic heterocycles. The molecule has 110 valence electrons. The first-order valence-electron chi connectivity index (χ1n) is 7.59. The van der Waals surface area contributed by atoms with Gasteiger partial charge in [-0.1, -0.05) is 53.0 Å². The molecule has 0 saturated heterocycles. The fourth-order valence-electron chi connectivity index (χ4n) is 2.74. The number of halogens is 1. The number of fused-ring (bicyclic) bond motifs is 2. The molecule has 1 aliphatic heterocycles. The lowest BCUT2D eigenvalue weighted by Crippen LogP contribution is -2.22. The number of hydrogen-bond donors (Lipinski definition) is 0. The van der Waals surface area contributed by atoms with Gasteiger partial charge in [-0.05, 0) is 37.1 Å². The van der Waals surface area contributed by atoms with Crippen LogP contribution in [0.25, 0.3) is 0 Å². The van der Waals surface area contributed by atoms with E-state index in [0.717, 1.165) is 23.4 Å². The van der Waals surface area contributed by atoms with Gasteiger partial charge >= 0.3 is 0 Å². The summed E-state index contributed by atoms with van der Waals surface area (Å²) in [6, 6.07) is 16.6. The van der Waals surface area contributed by atoms with E-state index >= 15 is 0 Å². The zero-order valence-electron chi connectivity index (χ0n) is 12.1. The Morgan fingerprint density at radius 3 is 1.95 bits per heavy atom. The second-order valence-electron chi connectivity index (χ2n) is 5.29. The van der Waals surface area contributed by atoms with Crippen molar-refractivity contribution in [3.63, 3.8) is 0 Å². The number of rotatable bonds is 6. The van der Waals surface area contributed by atoms with Gasteiger partial charge in [-0.3, -0.25) is 0 Å². The van der Waals surface area contributed by atoms with E-state index in [9.17, 15) is 0 Å². The lowest BCUT2D eigenvalue weighted by Gasteiger charge is -2.32. The minimum Gasteiger partial charge on any atom is -0.453 e. The highest BCUT2D eigenvalue weighted by Crippen LogP contribution is 2.46. The average molecular weight is 346 g/mol. The second kappa shape index (κ2) is 6.99. The summed E-state index contributed by atoms with van der Waals surface area (Å²) in [6.07, 6.45) is 5.03. The van der Waals surface area contributed by atoms with Crippen molar-refractivity contribution >= 4 is 27.3 Å². The van der Waals surface area contributed by atoms with E-state index in [-0.39, 0.29) is 0 Å². The third-order valence-corrected chi connectivity index (χ3v) is 4.36. The Morgan fingerprint density at radius 1 is 0.762 bits per heavy atom. The summed E-state index contributed by atoms with van der Waals surface area (Å²) in [6.45, 7) is 1.04. The predicted octanol–water partition coefficient (Wildman–Crippen LogP) is 5.89. The van der Waals surface area contributed by atoms with E-state index in [1.807, 2.05) is 24.3 Å². The van der Waals surface area contributed by atoms with Crippen LogP contribution in [-0.4, -0.2) is 11.9 Å². The van der Waals surface area contributed by atoms with E-state index in [2.05, 4.69) is 45.1 Å². The molecule has 0 radical (unpaired) electrons. The molecule has 0 saturated carbocycles. The highest BCUT2D eigenvalue weighted by molar-refractivity contribution is 9.09. The molecule has 0 amide bonds. The highest BCUT2D eigenvalue weighted by atomic mass is 79.9. The molecule has 3 rings (SSSR count). The average Bonchev–Trinajstić information content (AvgIpc) is 2.53. The third-order valence-electron chi connectivity index (χ3n) is 3.80. The van der Waals surface area contributed by atoms with Crippen molar-refractivity contribution in [3.8, 4) is 11.5 Å². The smallest absolute Gasteiger partial charge is 0.151 e. The zero-order valence-corrected chi connectivity index (χ0v) is 13.7. The largest absolute Gasteiger partial charge is 0.453 e. The van der Waals surface area contributed by atoms with Crippen LogP contribution in [0.15, 0.2) is 48.5 Å². The fourth-order valence-corrected chi connectivity index (χ4v) is 3.14. The molecule has 0 bridgehead atoms. The van der Waals surface area contributed by atoms with E-state index in [0.29, 0.717) is 0 Å². The van der Waals surface area contributed by atoms with Crippen molar-refractivity contribution in [1.82, 2.24) is 0 Å². The van der Waals surface area contributed by atoms with E-state index in [4.69, 9.17) is 4.74 Å². The van der Waals surface area contributed by atoms with Gasteiger partial charge in [0.25, 0.3) is 0 Å². The van der Waals surface area contributed by atoms with Gasteiger partial charge in [0.1, 0.15) is 0 Å². The van der Waals surface area contributed by atoms with Gasteiger partial charge in [-0.2, -0.15) is 0 Å². The number of para-hydroxylation sites is 4. The number of alkyl halides is 1. The topological polar surface area (TPSA) is 12.5 Å². The van der Waals surface area contributed by atoms with Crippen LogP contribution in [-0.2, 0) is 0 Å². The van der Waals surface area contributed by atoms with Crippen LogP contribution in [0.5, 0.6) is 11.5 Å². The first kappa shape index (κ1) is 14.5. The summed E-state index contributed by atoms with van der Waals surface area (Å²) in [5.74, 6) is 1.91. The number of unbranched alkanes of at least 4 members (excludes halogenated alkanes) is 3. The summed E-state index contributed by atoms with van der Waals surface area (Å²) in [5, 5.41) is 1.11. The lowest BCUT2D eigenvalue weighted by atomic mass is 10.1. The number of ether oxygens (including phenoxy) is 1. The first-order valence-corrected chi connectivity index (χ1v) is 8.72. The monoisotopic (exact) mass is 345 g/mol. The van der Waals surface area contributed by atoms with Crippen molar-refractivity contribution in [2.45, 2.75) is 25.7 Å². The molecule has 2 nitrogen and oxygen atoms in total. The number of benzene rings is 2. The van der Waals surface area contributed by atoms with Crippen LogP contribution >= 0.6 is 15.9 Å². The maximum Gasteiger partial charge on any atom is 0.151 e. The number of anilines is 2. The maximum absolute atomic E-state index is 6.00. The maximum atomic E-state index is 6.00. The Bertz CT molecular complexity index is 554. The molecule has 1 heterocycles. The first-order chi connectivity index (χ1) is 10.4. The van der Waals surface area contributed by atoms with Gasteiger partial charge in [0.05, 0.1) is 11.4 Å². The quantitative estimate of drug-likeness (QED) is 0.478. The fraction of sp³-hybridized carbons (Fsp3) is 0.333. The molecule has 21 heavy (non-hydrogen) atoms. The van der Waals surface area contributed by atoms with Crippen molar-refractivity contribution in [2.75, 3.05) is 16.8 Å². The van der Waals surface area contributed by atoms with Crippen molar-refractivity contribution < 1.29 is 4.74 Å². The predicted molar refractivity (Wildman–Crippen MR) is 92.2 cm³/mol. The van der Waals surface area contributed by atoms with Gasteiger partial charge < -0.3 is 9.64 Å². The highest BCUT2D eigenvalue weighted by Gasteiger charge is 2.22. The van der Waals surface area contributed by atoms with Gasteiger partial charge in [0.15, 0.2) is 11.5 Å². The van der Waals surface area contributed by atoms with E-state index < -0.39 is 0 Å². The Kier molecular flexibility index (Phi) is 4.81. The van der Waals surface area contributed by atoms with Gasteiger partial charge in [-0.15, -0.1) is 0 Å². The third kappa shape index (κ3) is 3.24. The molecule has 0 fully saturated rings. The van der Waals surface area contributed by atoms with E-state index in [1.165, 1.54) is 37.1 Å². The van der Waals surface area contributed by atoms with Crippen molar-refractivity contribution in [1.29, 1.82) is 0 Å². The van der Waals surface area contributed by atoms with Crippen LogP contribution in [0.2, 0.25) is 0 Å². The Balaban J connectivity index is 1.78. The molecule has 0 unspecified atom stereocenters. The molecular formula is C18H20BrNO. The van der Waals surface area contributed by atoms with Gasteiger partial charge in [-0.25, -0.2) is 0 Å². The summed E-state index contributed by atoms with van der Waals surface area (Å²) in [7, 11) is 0. The normalized spacial score (nSPS) is 12.5. The summed E-state index contributed by atoms with van der Waals surface area (Å²) in [4.78, 5) is 2.39. The van der Waals surface area contributed by atoms with Gasteiger partial charge in [0.2, 0.25) is 0 Å². The Labute approximate surface area is 134 Å². The molecule has 2 aromatic carbocycles. The van der Waals surface area contributed by atoms with Crippen LogP contribution < -0.4 is 9.64 Å². The van der Waals surface area contributed by atoms with Crippen molar-refractivity contribution in [2.24, 2.45) is 0 Å². The number of nitrogens with zero attached hydrogens (tertiary/aromatic N) is 1. The second-order valence-corrected chi connectivity index (χ2v) is 6.09. The standard InChI is InChI=1S/C18H20BrNO/c19-13-7-1-2-8-14-20-15-9-3-5-11-17(15)21-18-12-6-4-10-16(18)20/h3-6,9-12H,1-2,7-8,13-14H2. The summed E-state index contributed by atoms with van der Waals surface area (Å²) < 4.78 is 6.00. The zero-order chi connectivity index (χ0) is 14.5. The minimum atomic E-state index is 0.955. The summed E-state index contributed by atoms with van der Waals surface area (Å²) in [5.41, 5.74) is 2.35. The lowest BCUT2D eigenvalue weighted by molar-refractivity contribution is 0.472. The Morgan fingerprint density at radius 2 is 1.33 bits per heavy atom. The van der Waals surface area contributed by atoms with Crippen LogP contribution in [0.3, 0.4) is 0 Å². The van der Waals surface area contributed by atoms with Crippen molar-refractivity contribution in [3.05, 3.63) is 48.5 Å². The molecular weight excluding hydrogens is 326 g/mol. The molecule has 2 aromatic rings. The van der Waals surface area contributed by atoms with E-state index in [1.54, 1.807) is 0 Å². The minimum absolute atomic E-state index is 0.955. The molecule has 0 atom stereocenters. The number of hydrogen-bond acceptors (Lipinski definition) is 2. The van der Waals surface area contributed by atoms with Crippen LogP contribution in [0.4, 0.5) is 11.4 Å². The molecule has 0 N–H and O–H groups in total. The van der Waals surface area contributed by atoms with Gasteiger partial charge in [0, 0.05) is 11.9 Å². The van der Waals surface area contributed by atoms with Crippen LogP contribution in [0, 0.1) is 0 Å². The SMILES string of the molecule is BrCCCCCCN1c2ccccc2Oc2ccccc21. The summed E-state index contributed by atoms with van der Waals surface area (Å²) >= 11 is 3.49. The van der Waals surface area contributed by atoms with Crippen LogP contribution in [0.1, 0.15) is 25.7 Å². The molecule has 0 spiro atoms.